The van der Waals surface area contributed by atoms with Gasteiger partial charge in [-0.3, -0.25) is 4.98 Å². The lowest BCUT2D eigenvalue weighted by atomic mass is 9.76. The minimum Gasteiger partial charge on any atom is -0.264 e. The van der Waals surface area contributed by atoms with Gasteiger partial charge in [-0.2, -0.15) is 13.2 Å². The maximum absolute atomic E-state index is 13.8. The second-order valence-electron chi connectivity index (χ2n) is 7.88. The van der Waals surface area contributed by atoms with E-state index in [0.717, 1.165) is 44.1 Å². The zero-order valence-corrected chi connectivity index (χ0v) is 15.8. The molecule has 4 heteroatoms. The molecule has 3 atom stereocenters. The van der Waals surface area contributed by atoms with Gasteiger partial charge in [-0.05, 0) is 41.7 Å². The van der Waals surface area contributed by atoms with Gasteiger partial charge in [-0.15, -0.1) is 0 Å². The molecule has 142 valence electrons. The van der Waals surface area contributed by atoms with Crippen molar-refractivity contribution in [2.24, 2.45) is 11.8 Å². The Morgan fingerprint density at radius 3 is 2.32 bits per heavy atom. The van der Waals surface area contributed by atoms with E-state index in [-0.39, 0.29) is 11.8 Å². The van der Waals surface area contributed by atoms with Crippen molar-refractivity contribution >= 4 is 0 Å². The van der Waals surface area contributed by atoms with Crippen LogP contribution in [0.2, 0.25) is 0 Å². The molecule has 1 saturated carbocycles. The van der Waals surface area contributed by atoms with Gasteiger partial charge in [0.05, 0.1) is 5.92 Å². The van der Waals surface area contributed by atoms with Crippen molar-refractivity contribution in [1.29, 1.82) is 0 Å². The highest BCUT2D eigenvalue weighted by Crippen LogP contribution is 2.46. The molecule has 0 N–H and O–H groups in total. The van der Waals surface area contributed by atoms with Crippen molar-refractivity contribution in [1.82, 2.24) is 4.98 Å². The Morgan fingerprint density at radius 1 is 1.08 bits per heavy atom. The Kier molecular flexibility index (Phi) is 7.33. The molecule has 1 aliphatic carbocycles. The summed E-state index contributed by atoms with van der Waals surface area (Å²) in [6, 6.07) is 1.78. The average molecular weight is 355 g/mol. The molecule has 1 nitrogen and oxygen atoms in total. The van der Waals surface area contributed by atoms with Gasteiger partial charge in [-0.25, -0.2) is 0 Å². The minimum atomic E-state index is -4.20. The topological polar surface area (TPSA) is 12.9 Å². The van der Waals surface area contributed by atoms with Gasteiger partial charge in [0.15, 0.2) is 0 Å². The molecule has 0 radical (unpaired) electrons. The predicted octanol–water partition coefficient (Wildman–Crippen LogP) is 7.24. The molecule has 1 aromatic rings. The number of pyridine rings is 1. The van der Waals surface area contributed by atoms with Gasteiger partial charge < -0.3 is 0 Å². The van der Waals surface area contributed by atoms with E-state index in [0.29, 0.717) is 24.3 Å². The van der Waals surface area contributed by atoms with Crippen LogP contribution in [0.1, 0.15) is 95.1 Å². The molecule has 2 rings (SSSR count). The second kappa shape index (κ2) is 9.05. The summed E-state index contributed by atoms with van der Waals surface area (Å²) in [7, 11) is 0. The molecule has 0 aromatic carbocycles. The van der Waals surface area contributed by atoms with Crippen LogP contribution in [0.25, 0.3) is 0 Å². The van der Waals surface area contributed by atoms with Crippen LogP contribution in [-0.2, 0) is 0 Å². The average Bonchev–Trinajstić information content (AvgIpc) is 2.59. The van der Waals surface area contributed by atoms with Gasteiger partial charge >= 0.3 is 6.18 Å². The largest absolute Gasteiger partial charge is 0.396 e. The lowest BCUT2D eigenvalue weighted by Crippen LogP contribution is -2.30. The number of unbranched alkanes of at least 4 members (excludes halogenated alkanes) is 1. The zero-order chi connectivity index (χ0) is 18.4. The lowest BCUT2D eigenvalue weighted by molar-refractivity contribution is -0.164. The Bertz CT molecular complexity index is 520. The number of nitrogens with zero attached hydrogens (tertiary/aromatic N) is 1. The Hall–Kier alpha value is -1.06. The number of aromatic nitrogens is 1. The van der Waals surface area contributed by atoms with Crippen LogP contribution in [0.15, 0.2) is 18.5 Å². The van der Waals surface area contributed by atoms with Crippen molar-refractivity contribution in [3.63, 3.8) is 0 Å². The number of hydrogen-bond donors (Lipinski definition) is 0. The summed E-state index contributed by atoms with van der Waals surface area (Å²) in [6.45, 7) is 6.47. The highest BCUT2D eigenvalue weighted by molar-refractivity contribution is 5.26. The monoisotopic (exact) mass is 355 g/mol. The molecule has 1 aromatic heterocycles. The first kappa shape index (κ1) is 20.3. The lowest BCUT2D eigenvalue weighted by Gasteiger charge is -2.32. The summed E-state index contributed by atoms with van der Waals surface area (Å²) in [5.41, 5.74) is 1.32. The standard InChI is InChI=1S/C21H32F3N/c1-4-5-9-15(2)16(3)18-12-19(14-25-13-18)20(21(22,23)24)17-10-7-6-8-11-17/h12-17,20H,4-11H2,1-3H3. The number of halogens is 3. The van der Waals surface area contributed by atoms with Crippen LogP contribution in [0.3, 0.4) is 0 Å². The molecule has 0 spiro atoms. The fourth-order valence-corrected chi connectivity index (χ4v) is 4.20. The van der Waals surface area contributed by atoms with E-state index < -0.39 is 12.1 Å². The van der Waals surface area contributed by atoms with Crippen LogP contribution < -0.4 is 0 Å². The highest BCUT2D eigenvalue weighted by Gasteiger charge is 2.45. The van der Waals surface area contributed by atoms with Crippen molar-refractivity contribution < 1.29 is 13.2 Å². The molecule has 3 unspecified atom stereocenters. The molecule has 1 fully saturated rings. The van der Waals surface area contributed by atoms with Crippen molar-refractivity contribution in [3.05, 3.63) is 29.6 Å². The molecular formula is C21H32F3N. The fourth-order valence-electron chi connectivity index (χ4n) is 4.20. The fraction of sp³-hybridized carbons (Fsp3) is 0.762. The third-order valence-electron chi connectivity index (χ3n) is 6.01. The van der Waals surface area contributed by atoms with E-state index in [2.05, 4.69) is 25.8 Å². The Balaban J connectivity index is 2.24. The van der Waals surface area contributed by atoms with Gasteiger partial charge in [0, 0.05) is 12.4 Å². The number of hydrogen-bond acceptors (Lipinski definition) is 1. The molecule has 1 aliphatic rings. The van der Waals surface area contributed by atoms with Crippen molar-refractivity contribution in [3.8, 4) is 0 Å². The molecule has 25 heavy (non-hydrogen) atoms. The molecule has 0 amide bonds. The SMILES string of the molecule is CCCCC(C)C(C)c1cncc(C(C2CCCCC2)C(F)(F)F)c1. The van der Waals surface area contributed by atoms with Gasteiger partial charge in [0.1, 0.15) is 0 Å². The van der Waals surface area contributed by atoms with Crippen LogP contribution in [0, 0.1) is 11.8 Å². The van der Waals surface area contributed by atoms with E-state index in [1.54, 1.807) is 12.3 Å². The molecule has 0 aliphatic heterocycles. The maximum Gasteiger partial charge on any atom is 0.396 e. The van der Waals surface area contributed by atoms with Crippen LogP contribution in [0.5, 0.6) is 0 Å². The quantitative estimate of drug-likeness (QED) is 0.502. The zero-order valence-electron chi connectivity index (χ0n) is 15.8. The minimum absolute atomic E-state index is 0.235. The smallest absolute Gasteiger partial charge is 0.264 e. The number of rotatable bonds is 7. The molecule has 0 saturated heterocycles. The first-order valence-corrected chi connectivity index (χ1v) is 9.86. The molecule has 1 heterocycles. The summed E-state index contributed by atoms with van der Waals surface area (Å²) >= 11 is 0. The van der Waals surface area contributed by atoms with E-state index in [4.69, 9.17) is 0 Å². The normalized spacial score (nSPS) is 20.2. The summed E-state index contributed by atoms with van der Waals surface area (Å²) in [5, 5.41) is 0. The van der Waals surface area contributed by atoms with E-state index in [1.165, 1.54) is 6.20 Å². The van der Waals surface area contributed by atoms with Gasteiger partial charge in [-0.1, -0.05) is 65.4 Å². The predicted molar refractivity (Wildman–Crippen MR) is 96.7 cm³/mol. The Labute approximate surface area is 150 Å². The van der Waals surface area contributed by atoms with Crippen LogP contribution in [0.4, 0.5) is 13.2 Å². The van der Waals surface area contributed by atoms with Crippen LogP contribution in [-0.4, -0.2) is 11.2 Å². The van der Waals surface area contributed by atoms with Gasteiger partial charge in [0.25, 0.3) is 0 Å². The first-order chi connectivity index (χ1) is 11.8. The maximum atomic E-state index is 13.8. The molecular weight excluding hydrogens is 323 g/mol. The third kappa shape index (κ3) is 5.46. The highest BCUT2D eigenvalue weighted by atomic mass is 19.4. The summed E-state index contributed by atoms with van der Waals surface area (Å²) in [5.74, 6) is -0.965. The number of alkyl halides is 3. The third-order valence-corrected chi connectivity index (χ3v) is 6.01. The summed E-state index contributed by atoms with van der Waals surface area (Å²) in [6.07, 6.45) is 6.65. The van der Waals surface area contributed by atoms with E-state index in [1.807, 2.05) is 0 Å². The van der Waals surface area contributed by atoms with E-state index >= 15 is 0 Å². The second-order valence-corrected chi connectivity index (χ2v) is 7.88. The van der Waals surface area contributed by atoms with Gasteiger partial charge in [0.2, 0.25) is 0 Å². The molecule has 0 bridgehead atoms. The first-order valence-electron chi connectivity index (χ1n) is 9.86. The Morgan fingerprint density at radius 2 is 1.72 bits per heavy atom. The van der Waals surface area contributed by atoms with Crippen LogP contribution >= 0.6 is 0 Å². The summed E-state index contributed by atoms with van der Waals surface area (Å²) < 4.78 is 41.5. The van der Waals surface area contributed by atoms with Crippen molar-refractivity contribution in [2.45, 2.75) is 90.1 Å². The summed E-state index contributed by atoms with van der Waals surface area (Å²) in [4.78, 5) is 4.20. The van der Waals surface area contributed by atoms with E-state index in [9.17, 15) is 13.2 Å². The van der Waals surface area contributed by atoms with Crippen molar-refractivity contribution in [2.75, 3.05) is 0 Å².